The molecule has 3 heterocycles. The minimum absolute atomic E-state index is 0.00397. The second kappa shape index (κ2) is 9.14. The zero-order valence-electron chi connectivity index (χ0n) is 15.9. The van der Waals surface area contributed by atoms with Gasteiger partial charge in [-0.25, -0.2) is 0 Å². The van der Waals surface area contributed by atoms with Crippen molar-refractivity contribution in [3.63, 3.8) is 0 Å². The Balaban J connectivity index is 1.38. The number of hydrogen-bond acceptors (Lipinski definition) is 5. The third-order valence-corrected chi connectivity index (χ3v) is 6.21. The predicted octanol–water partition coefficient (Wildman–Crippen LogP) is 1.65. The number of nitrogens with zero attached hydrogens (tertiary/aromatic N) is 3. The van der Waals surface area contributed by atoms with Gasteiger partial charge in [0.05, 0.1) is 11.4 Å². The van der Waals surface area contributed by atoms with Crippen LogP contribution >= 0.6 is 11.3 Å². The Morgan fingerprint density at radius 3 is 2.81 bits per heavy atom. The lowest BCUT2D eigenvalue weighted by atomic mass is 10.1. The molecule has 0 bridgehead atoms. The van der Waals surface area contributed by atoms with Crippen molar-refractivity contribution in [3.05, 3.63) is 40.3 Å². The van der Waals surface area contributed by atoms with Gasteiger partial charge in [0.25, 0.3) is 5.91 Å². The second-order valence-electron chi connectivity index (χ2n) is 7.02. The topological polar surface area (TPSA) is 79.3 Å². The molecule has 2 N–H and O–H groups in total. The summed E-state index contributed by atoms with van der Waals surface area (Å²) < 4.78 is 1.80. The van der Waals surface area contributed by atoms with Gasteiger partial charge in [0, 0.05) is 44.0 Å². The first-order valence-corrected chi connectivity index (χ1v) is 10.2. The van der Waals surface area contributed by atoms with Gasteiger partial charge in [-0.15, -0.1) is 11.3 Å². The predicted molar refractivity (Wildman–Crippen MR) is 106 cm³/mol. The molecule has 0 radical (unpaired) electrons. The first-order valence-electron chi connectivity index (χ1n) is 9.33. The maximum atomic E-state index is 12.3. The standard InChI is InChI=1S/C19H27N5O2S/c1-14-6-11-27-18(14)19(26)21-13-16-5-4-15(23(16)2)12-17(25)20-8-10-24-9-3-7-22-24/h3,6-7,9,11,15-16H,4-5,8,10,12-13H2,1-2H3,(H,20,25)(H,21,26)/t15-,16+/m1/s1. The molecule has 1 aliphatic heterocycles. The first-order chi connectivity index (χ1) is 13.0. The molecule has 0 saturated carbocycles. The van der Waals surface area contributed by atoms with Crippen LogP contribution in [-0.4, -0.2) is 58.7 Å². The summed E-state index contributed by atoms with van der Waals surface area (Å²) in [6.45, 7) is 3.82. The zero-order chi connectivity index (χ0) is 19.2. The highest BCUT2D eigenvalue weighted by Gasteiger charge is 2.31. The summed E-state index contributed by atoms with van der Waals surface area (Å²) in [5.41, 5.74) is 1.02. The van der Waals surface area contributed by atoms with Crippen LogP contribution in [0.1, 0.15) is 34.5 Å². The van der Waals surface area contributed by atoms with Crippen LogP contribution in [0.3, 0.4) is 0 Å². The number of carbonyl (C=O) groups excluding carboxylic acids is 2. The minimum Gasteiger partial charge on any atom is -0.354 e. The highest BCUT2D eigenvalue weighted by molar-refractivity contribution is 7.12. The number of aromatic nitrogens is 2. The Labute approximate surface area is 163 Å². The summed E-state index contributed by atoms with van der Waals surface area (Å²) in [5, 5.41) is 12.1. The number of rotatable bonds is 8. The van der Waals surface area contributed by atoms with Gasteiger partial charge < -0.3 is 10.6 Å². The maximum Gasteiger partial charge on any atom is 0.261 e. The molecule has 2 amide bonds. The van der Waals surface area contributed by atoms with Crippen molar-refractivity contribution in [1.29, 1.82) is 0 Å². The number of thiophene rings is 1. The minimum atomic E-state index is -0.00397. The van der Waals surface area contributed by atoms with E-state index in [0.29, 0.717) is 26.1 Å². The molecule has 146 valence electrons. The van der Waals surface area contributed by atoms with E-state index in [4.69, 9.17) is 0 Å². The normalized spacial score (nSPS) is 19.9. The van der Waals surface area contributed by atoms with E-state index in [1.165, 1.54) is 11.3 Å². The zero-order valence-corrected chi connectivity index (χ0v) is 16.7. The van der Waals surface area contributed by atoms with Crippen LogP contribution < -0.4 is 10.6 Å². The molecule has 7 nitrogen and oxygen atoms in total. The molecule has 27 heavy (non-hydrogen) atoms. The molecule has 0 aromatic carbocycles. The van der Waals surface area contributed by atoms with Gasteiger partial charge >= 0.3 is 0 Å². The fourth-order valence-corrected chi connectivity index (χ4v) is 4.35. The Morgan fingerprint density at radius 1 is 1.30 bits per heavy atom. The van der Waals surface area contributed by atoms with Crippen LogP contribution in [0.5, 0.6) is 0 Å². The number of nitrogens with one attached hydrogen (secondary N) is 2. The summed E-state index contributed by atoms with van der Waals surface area (Å²) in [5.74, 6) is 0.0635. The van der Waals surface area contributed by atoms with Crippen LogP contribution in [0.15, 0.2) is 29.9 Å². The van der Waals surface area contributed by atoms with E-state index in [9.17, 15) is 9.59 Å². The van der Waals surface area contributed by atoms with Crippen molar-refractivity contribution >= 4 is 23.2 Å². The van der Waals surface area contributed by atoms with Crippen molar-refractivity contribution in [2.45, 2.75) is 44.8 Å². The summed E-state index contributed by atoms with van der Waals surface area (Å²) in [7, 11) is 2.04. The summed E-state index contributed by atoms with van der Waals surface area (Å²) in [6, 6.07) is 4.33. The van der Waals surface area contributed by atoms with E-state index < -0.39 is 0 Å². The molecule has 1 aliphatic rings. The summed E-state index contributed by atoms with van der Waals surface area (Å²) in [6.07, 6.45) is 6.07. The molecule has 3 rings (SSSR count). The SMILES string of the molecule is Cc1ccsc1C(=O)NC[C@@H]1CC[C@H](CC(=O)NCCn2cccn2)N1C. The van der Waals surface area contributed by atoms with Gasteiger partial charge in [-0.3, -0.25) is 19.2 Å². The number of likely N-dealkylation sites (N-methyl/N-ethyl adjacent to an activating group) is 1. The van der Waals surface area contributed by atoms with Gasteiger partial charge in [-0.1, -0.05) is 0 Å². The van der Waals surface area contributed by atoms with Crippen molar-refractivity contribution in [1.82, 2.24) is 25.3 Å². The molecular formula is C19H27N5O2S. The Morgan fingerprint density at radius 2 is 2.11 bits per heavy atom. The van der Waals surface area contributed by atoms with Gasteiger partial charge in [-0.2, -0.15) is 5.10 Å². The van der Waals surface area contributed by atoms with Crippen LogP contribution in [-0.2, 0) is 11.3 Å². The van der Waals surface area contributed by atoms with E-state index in [1.54, 1.807) is 10.9 Å². The van der Waals surface area contributed by atoms with Crippen LogP contribution in [0, 0.1) is 6.92 Å². The lowest BCUT2D eigenvalue weighted by Gasteiger charge is -2.25. The third kappa shape index (κ3) is 5.17. The van der Waals surface area contributed by atoms with Crippen LogP contribution in [0.4, 0.5) is 0 Å². The summed E-state index contributed by atoms with van der Waals surface area (Å²) >= 11 is 1.47. The lowest BCUT2D eigenvalue weighted by Crippen LogP contribution is -2.42. The molecule has 1 saturated heterocycles. The third-order valence-electron chi connectivity index (χ3n) is 5.19. The maximum absolute atomic E-state index is 12.3. The molecule has 2 aromatic heterocycles. The van der Waals surface area contributed by atoms with Gasteiger partial charge in [0.15, 0.2) is 0 Å². The molecule has 2 aromatic rings. The molecule has 8 heteroatoms. The average Bonchev–Trinajstić information content (AvgIpc) is 3.37. The fraction of sp³-hybridized carbons (Fsp3) is 0.526. The van der Waals surface area contributed by atoms with Gasteiger partial charge in [0.2, 0.25) is 5.91 Å². The van der Waals surface area contributed by atoms with E-state index in [2.05, 4.69) is 20.6 Å². The van der Waals surface area contributed by atoms with Crippen molar-refractivity contribution in [2.75, 3.05) is 20.1 Å². The van der Waals surface area contributed by atoms with Crippen molar-refractivity contribution in [3.8, 4) is 0 Å². The molecule has 2 atom stereocenters. The van der Waals surface area contributed by atoms with Crippen molar-refractivity contribution < 1.29 is 9.59 Å². The lowest BCUT2D eigenvalue weighted by molar-refractivity contribution is -0.122. The number of likely N-dealkylation sites (tertiary alicyclic amines) is 1. The summed E-state index contributed by atoms with van der Waals surface area (Å²) in [4.78, 5) is 27.5. The Kier molecular flexibility index (Phi) is 6.63. The van der Waals surface area contributed by atoms with Gasteiger partial charge in [0.1, 0.15) is 0 Å². The first kappa shape index (κ1) is 19.6. The Hall–Kier alpha value is -2.19. The molecular weight excluding hydrogens is 362 g/mol. The van der Waals surface area contributed by atoms with E-state index in [0.717, 1.165) is 23.3 Å². The second-order valence-corrected chi connectivity index (χ2v) is 7.93. The molecule has 0 spiro atoms. The quantitative estimate of drug-likeness (QED) is 0.720. The van der Waals surface area contributed by atoms with E-state index in [-0.39, 0.29) is 23.9 Å². The number of hydrogen-bond donors (Lipinski definition) is 2. The highest BCUT2D eigenvalue weighted by Crippen LogP contribution is 2.24. The Bertz CT molecular complexity index is 758. The average molecular weight is 390 g/mol. The number of aryl methyl sites for hydroxylation is 1. The number of amides is 2. The van der Waals surface area contributed by atoms with Crippen molar-refractivity contribution in [2.24, 2.45) is 0 Å². The van der Waals surface area contributed by atoms with Crippen LogP contribution in [0.2, 0.25) is 0 Å². The van der Waals surface area contributed by atoms with Crippen LogP contribution in [0.25, 0.3) is 0 Å². The molecule has 0 aliphatic carbocycles. The van der Waals surface area contributed by atoms with Gasteiger partial charge in [-0.05, 0) is 49.9 Å². The smallest absolute Gasteiger partial charge is 0.261 e. The fourth-order valence-electron chi connectivity index (χ4n) is 3.51. The highest BCUT2D eigenvalue weighted by atomic mass is 32.1. The largest absolute Gasteiger partial charge is 0.354 e. The van der Waals surface area contributed by atoms with E-state index in [1.807, 2.05) is 37.7 Å². The number of carbonyl (C=O) groups is 2. The monoisotopic (exact) mass is 389 g/mol. The molecule has 0 unspecified atom stereocenters. The van der Waals surface area contributed by atoms with E-state index >= 15 is 0 Å². The molecule has 1 fully saturated rings.